The van der Waals surface area contributed by atoms with E-state index in [9.17, 15) is 9.59 Å². The van der Waals surface area contributed by atoms with Crippen LogP contribution in [0.3, 0.4) is 0 Å². The Morgan fingerprint density at radius 2 is 2.26 bits per heavy atom. The van der Waals surface area contributed by atoms with E-state index in [1.807, 2.05) is 35.7 Å². The van der Waals surface area contributed by atoms with Crippen molar-refractivity contribution in [1.29, 1.82) is 0 Å². The molecule has 7 heteroatoms. The van der Waals surface area contributed by atoms with Gasteiger partial charge in [0.25, 0.3) is 5.56 Å². The third-order valence-electron chi connectivity index (χ3n) is 3.48. The number of imidazole rings is 1. The molecule has 0 unspecified atom stereocenters. The molecular weight excluding hydrogens is 294 g/mol. The normalized spacial score (nSPS) is 10.8. The fourth-order valence-corrected chi connectivity index (χ4v) is 2.35. The zero-order chi connectivity index (χ0) is 16.2. The summed E-state index contributed by atoms with van der Waals surface area (Å²) < 4.78 is 1.88. The summed E-state index contributed by atoms with van der Waals surface area (Å²) in [5.74, 6) is 0.472. The first-order chi connectivity index (χ1) is 11.2. The second kappa shape index (κ2) is 6.43. The molecule has 0 radical (unpaired) electrons. The fourth-order valence-electron chi connectivity index (χ4n) is 2.35. The van der Waals surface area contributed by atoms with Crippen molar-refractivity contribution in [2.75, 3.05) is 0 Å². The molecule has 23 heavy (non-hydrogen) atoms. The van der Waals surface area contributed by atoms with Crippen molar-refractivity contribution in [3.8, 4) is 0 Å². The van der Waals surface area contributed by atoms with Gasteiger partial charge in [-0.3, -0.25) is 9.59 Å². The van der Waals surface area contributed by atoms with Gasteiger partial charge in [-0.15, -0.1) is 0 Å². The highest BCUT2D eigenvalue weighted by Gasteiger charge is 2.09. The lowest BCUT2D eigenvalue weighted by Crippen LogP contribution is -2.26. The number of nitrogens with zero attached hydrogens (tertiary/aromatic N) is 3. The molecule has 0 fully saturated rings. The van der Waals surface area contributed by atoms with Crippen LogP contribution in [0, 0.1) is 0 Å². The Kier molecular flexibility index (Phi) is 4.18. The predicted octanol–water partition coefficient (Wildman–Crippen LogP) is 0.839. The average Bonchev–Trinajstić information content (AvgIpc) is 2.95. The van der Waals surface area contributed by atoms with E-state index >= 15 is 0 Å². The minimum Gasteiger partial charge on any atom is -0.350 e. The molecule has 3 heterocycles. The molecule has 3 rings (SSSR count). The summed E-state index contributed by atoms with van der Waals surface area (Å²) in [7, 11) is 0. The van der Waals surface area contributed by atoms with Gasteiger partial charge in [-0.2, -0.15) is 0 Å². The minimum absolute atomic E-state index is 0.143. The predicted molar refractivity (Wildman–Crippen MR) is 85.0 cm³/mol. The Balaban J connectivity index is 1.66. The monoisotopic (exact) mass is 311 g/mol. The van der Waals surface area contributed by atoms with Gasteiger partial charge in [0.15, 0.2) is 0 Å². The first-order valence-corrected chi connectivity index (χ1v) is 7.42. The topological polar surface area (TPSA) is 92.2 Å². The van der Waals surface area contributed by atoms with Crippen LogP contribution < -0.4 is 10.9 Å². The Bertz CT molecular complexity index is 897. The number of carbonyl (C=O) groups excluding carboxylic acids is 1. The van der Waals surface area contributed by atoms with Crippen LogP contribution >= 0.6 is 0 Å². The third kappa shape index (κ3) is 3.45. The molecule has 0 saturated carbocycles. The number of aromatic nitrogens is 4. The number of nitrogens with one attached hydrogen (secondary N) is 2. The summed E-state index contributed by atoms with van der Waals surface area (Å²) in [4.78, 5) is 34.8. The summed E-state index contributed by atoms with van der Waals surface area (Å²) in [5, 5.41) is 2.79. The Hall–Kier alpha value is -2.96. The van der Waals surface area contributed by atoms with E-state index in [4.69, 9.17) is 0 Å². The van der Waals surface area contributed by atoms with Crippen LogP contribution in [0.1, 0.15) is 24.1 Å². The quantitative estimate of drug-likeness (QED) is 0.730. The molecule has 2 N–H and O–H groups in total. The highest BCUT2D eigenvalue weighted by molar-refractivity contribution is 5.78. The average molecular weight is 311 g/mol. The largest absolute Gasteiger partial charge is 0.350 e. The molecule has 0 atom stereocenters. The standard InChI is InChI=1S/C16H17N5O2/c1-2-13-19-11(7-16(23)20-13)9-18-15(22)8-12-10-17-14-5-3-4-6-21(12)14/h3-7,10H,2,8-9H2,1H3,(H,18,22)(H,19,20,23). The number of H-pyrrole nitrogens is 1. The second-order valence-electron chi connectivity index (χ2n) is 5.17. The van der Waals surface area contributed by atoms with Crippen LogP contribution in [0.15, 0.2) is 41.5 Å². The molecule has 3 aromatic heterocycles. The number of pyridine rings is 1. The number of fused-ring (bicyclic) bond motifs is 1. The van der Waals surface area contributed by atoms with Crippen molar-refractivity contribution < 1.29 is 4.79 Å². The van der Waals surface area contributed by atoms with Crippen LogP contribution in [0.2, 0.25) is 0 Å². The molecule has 118 valence electrons. The van der Waals surface area contributed by atoms with Crippen molar-refractivity contribution in [2.45, 2.75) is 26.3 Å². The zero-order valence-electron chi connectivity index (χ0n) is 12.7. The number of aryl methyl sites for hydroxylation is 1. The lowest BCUT2D eigenvalue weighted by Gasteiger charge is -2.06. The maximum Gasteiger partial charge on any atom is 0.251 e. The Morgan fingerprint density at radius 1 is 1.39 bits per heavy atom. The summed E-state index contributed by atoms with van der Waals surface area (Å²) in [5.41, 5.74) is 1.96. The molecule has 0 aliphatic carbocycles. The molecule has 0 aliphatic rings. The van der Waals surface area contributed by atoms with E-state index in [2.05, 4.69) is 20.3 Å². The van der Waals surface area contributed by atoms with Gasteiger partial charge in [0, 0.05) is 24.9 Å². The van der Waals surface area contributed by atoms with Crippen LogP contribution in [0.5, 0.6) is 0 Å². The fraction of sp³-hybridized carbons (Fsp3) is 0.250. The van der Waals surface area contributed by atoms with E-state index in [0.717, 1.165) is 11.3 Å². The van der Waals surface area contributed by atoms with Crippen molar-refractivity contribution >= 4 is 11.6 Å². The van der Waals surface area contributed by atoms with E-state index in [-0.39, 0.29) is 24.4 Å². The van der Waals surface area contributed by atoms with E-state index in [1.165, 1.54) is 6.07 Å². The number of aromatic amines is 1. The molecule has 0 bridgehead atoms. The molecule has 0 aliphatic heterocycles. The lowest BCUT2D eigenvalue weighted by molar-refractivity contribution is -0.120. The van der Waals surface area contributed by atoms with Gasteiger partial charge in [-0.1, -0.05) is 13.0 Å². The summed E-state index contributed by atoms with van der Waals surface area (Å²) in [6, 6.07) is 7.07. The summed E-state index contributed by atoms with van der Waals surface area (Å²) in [6.45, 7) is 2.14. The van der Waals surface area contributed by atoms with E-state index in [1.54, 1.807) is 6.20 Å². The van der Waals surface area contributed by atoms with Gasteiger partial charge in [-0.25, -0.2) is 9.97 Å². The highest BCUT2D eigenvalue weighted by Crippen LogP contribution is 2.06. The summed E-state index contributed by atoms with van der Waals surface area (Å²) >= 11 is 0. The number of amides is 1. The Morgan fingerprint density at radius 3 is 3.09 bits per heavy atom. The smallest absolute Gasteiger partial charge is 0.251 e. The van der Waals surface area contributed by atoms with Crippen molar-refractivity contribution in [3.63, 3.8) is 0 Å². The van der Waals surface area contributed by atoms with Crippen molar-refractivity contribution in [3.05, 3.63) is 64.2 Å². The third-order valence-corrected chi connectivity index (χ3v) is 3.48. The van der Waals surface area contributed by atoms with Crippen molar-refractivity contribution in [1.82, 2.24) is 24.7 Å². The molecule has 3 aromatic rings. The first kappa shape index (κ1) is 15.0. The van der Waals surface area contributed by atoms with Gasteiger partial charge < -0.3 is 14.7 Å². The molecular formula is C16H17N5O2. The molecule has 0 aromatic carbocycles. The summed E-state index contributed by atoms with van der Waals surface area (Å²) in [6.07, 6.45) is 4.42. The lowest BCUT2D eigenvalue weighted by atomic mass is 10.3. The van der Waals surface area contributed by atoms with E-state index in [0.29, 0.717) is 17.9 Å². The number of rotatable bonds is 5. The number of hydrogen-bond acceptors (Lipinski definition) is 4. The van der Waals surface area contributed by atoms with Gasteiger partial charge in [-0.05, 0) is 12.1 Å². The second-order valence-corrected chi connectivity index (χ2v) is 5.17. The molecule has 0 spiro atoms. The molecule has 7 nitrogen and oxygen atoms in total. The van der Waals surface area contributed by atoms with Gasteiger partial charge in [0.1, 0.15) is 11.5 Å². The number of hydrogen-bond donors (Lipinski definition) is 2. The molecule has 0 saturated heterocycles. The maximum absolute atomic E-state index is 12.1. The van der Waals surface area contributed by atoms with Gasteiger partial charge in [0.2, 0.25) is 5.91 Å². The van der Waals surface area contributed by atoms with Crippen LogP contribution in [0.4, 0.5) is 0 Å². The molecule has 1 amide bonds. The Labute approximate surface area is 132 Å². The maximum atomic E-state index is 12.1. The zero-order valence-corrected chi connectivity index (χ0v) is 12.7. The van der Waals surface area contributed by atoms with Gasteiger partial charge >= 0.3 is 0 Å². The first-order valence-electron chi connectivity index (χ1n) is 7.42. The van der Waals surface area contributed by atoms with Crippen molar-refractivity contribution in [2.24, 2.45) is 0 Å². The highest BCUT2D eigenvalue weighted by atomic mass is 16.1. The number of carbonyl (C=O) groups is 1. The van der Waals surface area contributed by atoms with Gasteiger partial charge in [0.05, 0.1) is 24.4 Å². The van der Waals surface area contributed by atoms with Crippen LogP contribution in [0.25, 0.3) is 5.65 Å². The van der Waals surface area contributed by atoms with E-state index < -0.39 is 0 Å². The van der Waals surface area contributed by atoms with Crippen LogP contribution in [-0.4, -0.2) is 25.3 Å². The minimum atomic E-state index is -0.206. The SMILES string of the molecule is CCc1nc(CNC(=O)Cc2cnc3ccccn23)cc(=O)[nH]1. The van der Waals surface area contributed by atoms with Crippen LogP contribution in [-0.2, 0) is 24.2 Å².